The van der Waals surface area contributed by atoms with Crippen molar-refractivity contribution in [3.05, 3.63) is 83.2 Å². The number of benzene rings is 2. The van der Waals surface area contributed by atoms with Gasteiger partial charge in [0.2, 0.25) is 5.88 Å². The standard InChI is InChI=1S/C14H12F5N3.C13H16N4O2/c15-10-2-1-8(5-11(10)16)9-3-4-22(7-9)12-6-20-21-13(12)14(17,18)19;1-3-19-12-9(2)11(15-13(14)18)17(16-12)10-7-5-4-6-8-10/h1-2,5-6,9H,3-4,7H2,(H,20,21);4-8H,3H2,1-2H3,(H3,14,15,18). The fourth-order valence-electron chi connectivity index (χ4n) is 4.51. The Morgan fingerprint density at radius 1 is 1.17 bits per heavy atom. The summed E-state index contributed by atoms with van der Waals surface area (Å²) < 4.78 is 71.8. The second kappa shape index (κ2) is 12.3. The number of H-pyrrole nitrogens is 1. The maximum Gasteiger partial charge on any atom is 0.434 e. The van der Waals surface area contributed by atoms with Crippen LogP contribution in [0.4, 0.5) is 38.3 Å². The van der Waals surface area contributed by atoms with Crippen molar-refractivity contribution in [2.45, 2.75) is 32.4 Å². The van der Waals surface area contributed by atoms with E-state index in [1.165, 1.54) is 6.07 Å². The van der Waals surface area contributed by atoms with Crippen molar-refractivity contribution in [1.82, 2.24) is 20.0 Å². The summed E-state index contributed by atoms with van der Waals surface area (Å²) in [4.78, 5) is 12.7. The van der Waals surface area contributed by atoms with Gasteiger partial charge < -0.3 is 15.4 Å². The summed E-state index contributed by atoms with van der Waals surface area (Å²) in [5, 5.41) is 12.4. The monoisotopic (exact) mass is 577 g/mol. The normalized spacial score (nSPS) is 14.9. The Morgan fingerprint density at radius 3 is 2.54 bits per heavy atom. The van der Waals surface area contributed by atoms with Gasteiger partial charge in [-0.25, -0.2) is 18.3 Å². The summed E-state index contributed by atoms with van der Waals surface area (Å²) in [6.45, 7) is 4.90. The number of hydrogen-bond acceptors (Lipinski definition) is 5. The molecule has 3 heterocycles. The molecule has 5 rings (SSSR count). The summed E-state index contributed by atoms with van der Waals surface area (Å²) in [6.07, 6.45) is -2.81. The van der Waals surface area contributed by atoms with Crippen molar-refractivity contribution in [1.29, 1.82) is 0 Å². The molecule has 218 valence electrons. The van der Waals surface area contributed by atoms with E-state index in [0.717, 1.165) is 29.6 Å². The van der Waals surface area contributed by atoms with Gasteiger partial charge in [0, 0.05) is 19.0 Å². The van der Waals surface area contributed by atoms with Gasteiger partial charge in [-0.05, 0) is 50.1 Å². The molecule has 0 bridgehead atoms. The minimum Gasteiger partial charge on any atom is -0.477 e. The van der Waals surface area contributed by atoms with E-state index >= 15 is 0 Å². The van der Waals surface area contributed by atoms with E-state index in [2.05, 4.69) is 15.5 Å². The molecule has 2 aromatic heterocycles. The smallest absolute Gasteiger partial charge is 0.434 e. The van der Waals surface area contributed by atoms with Gasteiger partial charge >= 0.3 is 12.2 Å². The largest absolute Gasteiger partial charge is 0.477 e. The second-order valence-corrected chi connectivity index (χ2v) is 9.18. The molecule has 1 unspecified atom stereocenters. The molecule has 2 amide bonds. The van der Waals surface area contributed by atoms with Gasteiger partial charge in [0.1, 0.15) is 5.82 Å². The molecule has 1 fully saturated rings. The van der Waals surface area contributed by atoms with E-state index in [1.54, 1.807) is 9.58 Å². The van der Waals surface area contributed by atoms with Gasteiger partial charge in [0.05, 0.1) is 29.7 Å². The first kappa shape index (κ1) is 29.4. The van der Waals surface area contributed by atoms with Crippen molar-refractivity contribution in [2.75, 3.05) is 29.9 Å². The Kier molecular flexibility index (Phi) is 8.79. The lowest BCUT2D eigenvalue weighted by molar-refractivity contribution is -0.140. The molecule has 9 nitrogen and oxygen atoms in total. The van der Waals surface area contributed by atoms with Crippen molar-refractivity contribution in [3.8, 4) is 11.6 Å². The van der Waals surface area contributed by atoms with Gasteiger partial charge in [0.15, 0.2) is 17.3 Å². The van der Waals surface area contributed by atoms with Crippen LogP contribution in [-0.2, 0) is 6.18 Å². The van der Waals surface area contributed by atoms with E-state index in [4.69, 9.17) is 10.5 Å². The van der Waals surface area contributed by atoms with Gasteiger partial charge in [-0.1, -0.05) is 24.3 Å². The van der Waals surface area contributed by atoms with E-state index in [-0.39, 0.29) is 11.6 Å². The van der Waals surface area contributed by atoms with Gasteiger partial charge in [-0.3, -0.25) is 10.4 Å². The molecule has 0 spiro atoms. The third-order valence-electron chi connectivity index (χ3n) is 6.45. The third kappa shape index (κ3) is 6.76. The fourth-order valence-corrected chi connectivity index (χ4v) is 4.51. The SMILES string of the molecule is CCOc1nn(-c2ccccc2)c(NC(N)=O)c1C.Fc1ccc(C2CCN(c3cn[nH]c3C(F)(F)F)C2)cc1F. The number of hydrogen-bond donors (Lipinski definition) is 3. The summed E-state index contributed by atoms with van der Waals surface area (Å²) in [5.41, 5.74) is 6.43. The van der Waals surface area contributed by atoms with E-state index < -0.39 is 29.5 Å². The van der Waals surface area contributed by atoms with Gasteiger partial charge in [0.25, 0.3) is 0 Å². The average Bonchev–Trinajstić information content (AvgIpc) is 3.67. The number of primary amides is 1. The summed E-state index contributed by atoms with van der Waals surface area (Å²) in [5.74, 6) is -1.04. The van der Waals surface area contributed by atoms with Crippen LogP contribution in [0.15, 0.2) is 54.7 Å². The number of carbonyl (C=O) groups excluding carboxylic acids is 1. The molecule has 0 saturated carbocycles. The predicted molar refractivity (Wildman–Crippen MR) is 142 cm³/mol. The first-order valence-corrected chi connectivity index (χ1v) is 12.6. The van der Waals surface area contributed by atoms with Crippen LogP contribution in [0.3, 0.4) is 0 Å². The maximum absolute atomic E-state index is 13.3. The average molecular weight is 578 g/mol. The van der Waals surface area contributed by atoms with Gasteiger partial charge in [-0.2, -0.15) is 18.3 Å². The first-order valence-electron chi connectivity index (χ1n) is 12.6. The van der Waals surface area contributed by atoms with Crippen LogP contribution in [0, 0.1) is 18.6 Å². The van der Waals surface area contributed by atoms with Crippen LogP contribution in [0.2, 0.25) is 0 Å². The molecule has 4 N–H and O–H groups in total. The highest BCUT2D eigenvalue weighted by Gasteiger charge is 2.38. The van der Waals surface area contributed by atoms with Crippen molar-refractivity contribution >= 4 is 17.5 Å². The van der Waals surface area contributed by atoms with Crippen LogP contribution in [0.5, 0.6) is 5.88 Å². The Morgan fingerprint density at radius 2 is 1.90 bits per heavy atom. The minimum absolute atomic E-state index is 0.0161. The van der Waals surface area contributed by atoms with Crippen LogP contribution in [-0.4, -0.2) is 45.7 Å². The molecule has 1 aliphatic heterocycles. The number of nitrogens with two attached hydrogens (primary N) is 1. The molecule has 1 aliphatic rings. The van der Waals surface area contributed by atoms with Crippen LogP contribution < -0.4 is 20.7 Å². The van der Waals surface area contributed by atoms with Crippen molar-refractivity contribution in [2.24, 2.45) is 5.73 Å². The van der Waals surface area contributed by atoms with E-state index in [9.17, 15) is 26.7 Å². The lowest BCUT2D eigenvalue weighted by Gasteiger charge is -2.19. The molecule has 0 aliphatic carbocycles. The number of rotatable bonds is 6. The zero-order valence-corrected chi connectivity index (χ0v) is 22.2. The Hall–Kier alpha value is -4.62. The maximum atomic E-state index is 13.3. The molecular weight excluding hydrogens is 549 g/mol. The molecule has 1 atom stereocenters. The summed E-state index contributed by atoms with van der Waals surface area (Å²) in [7, 11) is 0. The topological polar surface area (TPSA) is 114 Å². The Bertz CT molecular complexity index is 1490. The number of para-hydroxylation sites is 1. The number of alkyl halides is 3. The van der Waals surface area contributed by atoms with Crippen LogP contribution >= 0.6 is 0 Å². The summed E-state index contributed by atoms with van der Waals surface area (Å²) >= 11 is 0. The number of carbonyl (C=O) groups is 1. The number of anilines is 2. The quantitative estimate of drug-likeness (QED) is 0.252. The molecule has 0 radical (unpaired) electrons. The predicted octanol–water partition coefficient (Wildman–Crippen LogP) is 5.77. The number of aromatic nitrogens is 4. The van der Waals surface area contributed by atoms with Crippen molar-refractivity contribution in [3.63, 3.8) is 0 Å². The Balaban J connectivity index is 0.000000191. The molecule has 4 aromatic rings. The number of ether oxygens (including phenoxy) is 1. The molecule has 1 saturated heterocycles. The minimum atomic E-state index is -4.51. The highest BCUT2D eigenvalue weighted by atomic mass is 19.4. The molecule has 14 heteroatoms. The highest BCUT2D eigenvalue weighted by molar-refractivity contribution is 5.88. The lowest BCUT2D eigenvalue weighted by atomic mass is 9.98. The molecule has 41 heavy (non-hydrogen) atoms. The van der Waals surface area contributed by atoms with Gasteiger partial charge in [-0.15, -0.1) is 5.10 Å². The number of urea groups is 1. The second-order valence-electron chi connectivity index (χ2n) is 9.18. The highest BCUT2D eigenvalue weighted by Crippen LogP contribution is 2.38. The first-order chi connectivity index (χ1) is 19.5. The molecular formula is C27H28F5N7O2. The van der Waals surface area contributed by atoms with Crippen molar-refractivity contribution < 1.29 is 31.5 Å². The Labute approximate surface area is 232 Å². The van der Waals surface area contributed by atoms with Crippen LogP contribution in [0.1, 0.15) is 36.1 Å². The number of nitrogens with one attached hydrogen (secondary N) is 2. The van der Waals surface area contributed by atoms with E-state index in [0.29, 0.717) is 43.4 Å². The number of halogens is 5. The van der Waals surface area contributed by atoms with E-state index in [1.807, 2.05) is 49.3 Å². The van der Waals surface area contributed by atoms with Crippen LogP contribution in [0.25, 0.3) is 5.69 Å². The molecule has 2 aromatic carbocycles. The number of aromatic amines is 1. The summed E-state index contributed by atoms with van der Waals surface area (Å²) in [6, 6.07) is 12.4. The zero-order valence-electron chi connectivity index (χ0n) is 22.2. The lowest BCUT2D eigenvalue weighted by Crippen LogP contribution is -2.22. The zero-order chi connectivity index (χ0) is 29.7. The number of nitrogens with zero attached hydrogens (tertiary/aromatic N) is 4. The number of amides is 2. The third-order valence-corrected chi connectivity index (χ3v) is 6.45. The fraction of sp³-hybridized carbons (Fsp3) is 0.296.